The maximum absolute atomic E-state index is 13.8. The van der Waals surface area contributed by atoms with Gasteiger partial charge in [-0.3, -0.25) is 4.79 Å². The van der Waals surface area contributed by atoms with E-state index < -0.39 is 17.3 Å². The predicted molar refractivity (Wildman–Crippen MR) is 132 cm³/mol. The zero-order valence-corrected chi connectivity index (χ0v) is 20.9. The number of aromatic nitrogens is 2. The van der Waals surface area contributed by atoms with Gasteiger partial charge in [0.2, 0.25) is 11.9 Å². The molecular formula is C25H40F3N5O4. The van der Waals surface area contributed by atoms with Gasteiger partial charge in [-0.15, -0.1) is 0 Å². The van der Waals surface area contributed by atoms with Gasteiger partial charge in [0.25, 0.3) is 0 Å². The van der Waals surface area contributed by atoms with Gasteiger partial charge in [-0.05, 0) is 38.2 Å². The van der Waals surface area contributed by atoms with Crippen LogP contribution in [0.25, 0.3) is 0 Å². The molecule has 1 amide bonds. The standard InChI is InChI=1S/C24H36F3N5O4.CH4/c1-34-14-7-23(6-3-17(15-23)29-18-5-13-36-16-19(18)35-2)21(33)31-9-11-32(12-10-31)22-28-8-4-20(30-22)24(25,26)27;/h4,8,17-19,29H,3,5-7,9-16H2,1-2H3;1H4/t17-,18?,19?,23-;/m1./s1. The van der Waals surface area contributed by atoms with Crippen molar-refractivity contribution in [2.75, 3.05) is 65.1 Å². The number of alkyl halides is 3. The number of rotatable bonds is 8. The first kappa shape index (κ1) is 29.5. The van der Waals surface area contributed by atoms with Crippen molar-refractivity contribution in [3.8, 4) is 0 Å². The fourth-order valence-electron chi connectivity index (χ4n) is 5.64. The smallest absolute Gasteiger partial charge is 0.385 e. The fourth-order valence-corrected chi connectivity index (χ4v) is 5.64. The molecule has 1 aromatic heterocycles. The van der Waals surface area contributed by atoms with Crippen LogP contribution in [0.4, 0.5) is 19.1 Å². The molecule has 1 aromatic rings. The van der Waals surface area contributed by atoms with Crippen LogP contribution in [0.3, 0.4) is 0 Å². The third-order valence-corrected chi connectivity index (χ3v) is 7.69. The van der Waals surface area contributed by atoms with E-state index in [1.54, 1.807) is 19.1 Å². The number of piperazine rings is 1. The van der Waals surface area contributed by atoms with Crippen LogP contribution in [-0.2, 0) is 25.2 Å². The highest BCUT2D eigenvalue weighted by Gasteiger charge is 2.48. The van der Waals surface area contributed by atoms with E-state index in [1.807, 2.05) is 4.90 Å². The topological polar surface area (TPSA) is 89.1 Å². The second-order valence-corrected chi connectivity index (χ2v) is 9.89. The van der Waals surface area contributed by atoms with E-state index in [9.17, 15) is 18.0 Å². The molecule has 1 aliphatic carbocycles. The Kier molecular flexibility index (Phi) is 10.1. The van der Waals surface area contributed by atoms with Crippen molar-refractivity contribution < 1.29 is 32.2 Å². The van der Waals surface area contributed by atoms with Crippen molar-refractivity contribution in [1.82, 2.24) is 20.2 Å². The Balaban J connectivity index is 0.00000380. The lowest BCUT2D eigenvalue weighted by atomic mass is 9.80. The lowest BCUT2D eigenvalue weighted by Gasteiger charge is -2.40. The molecule has 2 saturated heterocycles. The van der Waals surface area contributed by atoms with Gasteiger partial charge in [0.05, 0.1) is 18.1 Å². The molecule has 0 bridgehead atoms. The van der Waals surface area contributed by atoms with Gasteiger partial charge in [-0.25, -0.2) is 9.97 Å². The molecule has 4 atom stereocenters. The number of ether oxygens (including phenoxy) is 3. The summed E-state index contributed by atoms with van der Waals surface area (Å²) in [5, 5.41) is 3.72. The van der Waals surface area contributed by atoms with E-state index in [2.05, 4.69) is 15.3 Å². The van der Waals surface area contributed by atoms with Gasteiger partial charge in [0.15, 0.2) is 0 Å². The molecule has 12 heteroatoms. The lowest BCUT2D eigenvalue weighted by molar-refractivity contribution is -0.143. The number of nitrogens with one attached hydrogen (secondary N) is 1. The number of hydrogen-bond acceptors (Lipinski definition) is 8. The monoisotopic (exact) mass is 531 g/mol. The Labute approximate surface area is 217 Å². The molecule has 1 saturated carbocycles. The van der Waals surface area contributed by atoms with Crippen molar-refractivity contribution in [3.05, 3.63) is 18.0 Å². The first-order chi connectivity index (χ1) is 17.3. The SMILES string of the molecule is C.COCC[C@]1(C(=O)N2CCN(c3nccc(C(F)(F)F)n3)CC2)CC[C@@H](NC2CCOCC2OC)C1. The maximum atomic E-state index is 13.8. The van der Waals surface area contributed by atoms with Gasteiger partial charge in [0, 0.05) is 71.9 Å². The van der Waals surface area contributed by atoms with Gasteiger partial charge in [-0.1, -0.05) is 7.43 Å². The van der Waals surface area contributed by atoms with E-state index in [4.69, 9.17) is 14.2 Å². The minimum Gasteiger partial charge on any atom is -0.385 e. The zero-order chi connectivity index (χ0) is 25.8. The second-order valence-electron chi connectivity index (χ2n) is 9.89. The number of nitrogens with zero attached hydrogens (tertiary/aromatic N) is 4. The number of hydrogen-bond donors (Lipinski definition) is 1. The molecule has 2 unspecified atom stereocenters. The van der Waals surface area contributed by atoms with Crippen LogP contribution < -0.4 is 10.2 Å². The summed E-state index contributed by atoms with van der Waals surface area (Å²) in [5.41, 5.74) is -1.48. The minimum atomic E-state index is -4.52. The molecule has 3 fully saturated rings. The molecule has 0 aromatic carbocycles. The Hall–Kier alpha value is -2.02. The molecule has 3 heterocycles. The van der Waals surface area contributed by atoms with Crippen LogP contribution in [0.2, 0.25) is 0 Å². The van der Waals surface area contributed by atoms with Gasteiger partial charge in [-0.2, -0.15) is 13.2 Å². The van der Waals surface area contributed by atoms with Crippen molar-refractivity contribution in [2.24, 2.45) is 5.41 Å². The van der Waals surface area contributed by atoms with Gasteiger partial charge < -0.3 is 29.3 Å². The van der Waals surface area contributed by atoms with Crippen LogP contribution in [0, 0.1) is 5.41 Å². The Morgan fingerprint density at radius 2 is 2.00 bits per heavy atom. The minimum absolute atomic E-state index is 0. The molecule has 210 valence electrons. The molecule has 2 aliphatic heterocycles. The molecule has 0 spiro atoms. The first-order valence-corrected chi connectivity index (χ1v) is 12.6. The molecule has 37 heavy (non-hydrogen) atoms. The summed E-state index contributed by atoms with van der Waals surface area (Å²) in [5.74, 6) is 0.143. The number of anilines is 1. The zero-order valence-electron chi connectivity index (χ0n) is 20.9. The van der Waals surface area contributed by atoms with Crippen LogP contribution in [-0.4, -0.2) is 99.2 Å². The summed E-state index contributed by atoms with van der Waals surface area (Å²) in [7, 11) is 3.33. The van der Waals surface area contributed by atoms with Crippen LogP contribution in [0.15, 0.2) is 12.3 Å². The predicted octanol–water partition coefficient (Wildman–Crippen LogP) is 2.75. The fraction of sp³-hybridized carbons (Fsp3) is 0.800. The van der Waals surface area contributed by atoms with Crippen LogP contribution in [0.5, 0.6) is 0 Å². The summed E-state index contributed by atoms with van der Waals surface area (Å²) in [6, 6.07) is 1.26. The highest BCUT2D eigenvalue weighted by atomic mass is 19.4. The summed E-state index contributed by atoms with van der Waals surface area (Å²) in [4.78, 5) is 25.1. The average molecular weight is 532 g/mol. The van der Waals surface area contributed by atoms with E-state index in [0.717, 1.165) is 37.9 Å². The average Bonchev–Trinajstić information content (AvgIpc) is 3.31. The quantitative estimate of drug-likeness (QED) is 0.548. The number of carbonyl (C=O) groups excluding carboxylic acids is 1. The number of halogens is 3. The second kappa shape index (κ2) is 12.7. The highest BCUT2D eigenvalue weighted by molar-refractivity contribution is 5.83. The first-order valence-electron chi connectivity index (χ1n) is 12.6. The third kappa shape index (κ3) is 6.90. The van der Waals surface area contributed by atoms with Gasteiger partial charge in [0.1, 0.15) is 5.69 Å². The van der Waals surface area contributed by atoms with Crippen molar-refractivity contribution in [1.29, 1.82) is 0 Å². The highest BCUT2D eigenvalue weighted by Crippen LogP contribution is 2.43. The summed E-state index contributed by atoms with van der Waals surface area (Å²) < 4.78 is 55.6. The summed E-state index contributed by atoms with van der Waals surface area (Å²) in [6.07, 6.45) is 0.484. The Bertz CT molecular complexity index is 884. The lowest BCUT2D eigenvalue weighted by Crippen LogP contribution is -2.54. The Morgan fingerprint density at radius 1 is 1.24 bits per heavy atom. The van der Waals surface area contributed by atoms with E-state index in [0.29, 0.717) is 52.4 Å². The molecule has 4 rings (SSSR count). The molecule has 3 aliphatic rings. The normalized spacial score (nSPS) is 28.7. The van der Waals surface area contributed by atoms with Gasteiger partial charge >= 0.3 is 6.18 Å². The van der Waals surface area contributed by atoms with E-state index in [-0.39, 0.29) is 37.5 Å². The Morgan fingerprint density at radius 3 is 2.68 bits per heavy atom. The summed E-state index contributed by atoms with van der Waals surface area (Å²) >= 11 is 0. The molecule has 1 N–H and O–H groups in total. The van der Waals surface area contributed by atoms with Crippen LogP contribution >= 0.6 is 0 Å². The third-order valence-electron chi connectivity index (χ3n) is 7.69. The maximum Gasteiger partial charge on any atom is 0.433 e. The molecule has 9 nitrogen and oxygen atoms in total. The molecule has 0 radical (unpaired) electrons. The largest absolute Gasteiger partial charge is 0.433 e. The van der Waals surface area contributed by atoms with Crippen LogP contribution in [0.1, 0.15) is 45.2 Å². The molecular weight excluding hydrogens is 491 g/mol. The van der Waals surface area contributed by atoms with Crippen molar-refractivity contribution in [3.63, 3.8) is 0 Å². The summed E-state index contributed by atoms with van der Waals surface area (Å²) in [6.45, 7) is 3.34. The van der Waals surface area contributed by atoms with Crippen molar-refractivity contribution in [2.45, 2.75) is 63.9 Å². The number of methoxy groups -OCH3 is 2. The van der Waals surface area contributed by atoms with Crippen molar-refractivity contribution >= 4 is 11.9 Å². The number of carbonyl (C=O) groups is 1. The van der Waals surface area contributed by atoms with E-state index >= 15 is 0 Å². The van der Waals surface area contributed by atoms with E-state index in [1.165, 1.54) is 0 Å². The number of amides is 1.